The maximum absolute atomic E-state index is 8.95. The third-order valence-corrected chi connectivity index (χ3v) is 3.15. The Kier molecular flexibility index (Phi) is 2.46. The molecule has 0 aliphatic heterocycles. The van der Waals surface area contributed by atoms with E-state index < -0.39 is 0 Å². The van der Waals surface area contributed by atoms with Crippen LogP contribution in [0.5, 0.6) is 0 Å². The van der Waals surface area contributed by atoms with Crippen LogP contribution in [0, 0.1) is 11.3 Å². The van der Waals surface area contributed by atoms with Crippen molar-refractivity contribution in [2.24, 2.45) is 7.05 Å². The lowest BCUT2D eigenvalue weighted by Crippen LogP contribution is -1.93. The third-order valence-electron chi connectivity index (χ3n) is 3.15. The number of nitrogens with zero attached hydrogens (tertiary/aromatic N) is 3. The van der Waals surface area contributed by atoms with Crippen LogP contribution >= 0.6 is 0 Å². The molecule has 2 aromatic carbocycles. The number of fused-ring (bicyclic) bond motifs is 1. The molecule has 3 aromatic rings. The minimum Gasteiger partial charge on any atom is -0.399 e. The van der Waals surface area contributed by atoms with E-state index in [-0.39, 0.29) is 0 Å². The zero-order valence-electron chi connectivity index (χ0n) is 10.5. The van der Waals surface area contributed by atoms with Crippen molar-refractivity contribution in [3.8, 4) is 17.5 Å². The first kappa shape index (κ1) is 11.3. The van der Waals surface area contributed by atoms with Crippen LogP contribution in [0.4, 0.5) is 5.69 Å². The van der Waals surface area contributed by atoms with Crippen molar-refractivity contribution in [1.82, 2.24) is 9.55 Å². The van der Waals surface area contributed by atoms with Gasteiger partial charge in [-0.2, -0.15) is 5.26 Å². The van der Waals surface area contributed by atoms with Gasteiger partial charge < -0.3 is 10.3 Å². The standard InChI is InChI=1S/C15H12N4/c1-19-14-7-10(9-16)5-6-13(14)18-15(19)11-3-2-4-12(17)8-11/h2-8H,17H2,1H3. The molecule has 19 heavy (non-hydrogen) atoms. The number of hydrogen-bond donors (Lipinski definition) is 1. The molecule has 0 spiro atoms. The predicted molar refractivity (Wildman–Crippen MR) is 75.3 cm³/mol. The maximum atomic E-state index is 8.95. The van der Waals surface area contributed by atoms with Gasteiger partial charge in [-0.1, -0.05) is 12.1 Å². The second-order valence-electron chi connectivity index (χ2n) is 4.44. The number of benzene rings is 2. The Hall–Kier alpha value is -2.80. The fourth-order valence-electron chi connectivity index (χ4n) is 2.20. The van der Waals surface area contributed by atoms with Gasteiger partial charge in [-0.25, -0.2) is 4.98 Å². The monoisotopic (exact) mass is 248 g/mol. The average Bonchev–Trinajstić information content (AvgIpc) is 2.76. The van der Waals surface area contributed by atoms with Gasteiger partial charge in [-0.05, 0) is 30.3 Å². The molecular formula is C15H12N4. The molecule has 3 rings (SSSR count). The summed E-state index contributed by atoms with van der Waals surface area (Å²) < 4.78 is 1.98. The fourth-order valence-corrected chi connectivity index (χ4v) is 2.20. The maximum Gasteiger partial charge on any atom is 0.140 e. The van der Waals surface area contributed by atoms with Crippen LogP contribution in [-0.2, 0) is 7.05 Å². The molecule has 0 amide bonds. The summed E-state index contributed by atoms with van der Waals surface area (Å²) in [5.74, 6) is 0.845. The van der Waals surface area contributed by atoms with Crippen LogP contribution in [0.15, 0.2) is 42.5 Å². The van der Waals surface area contributed by atoms with E-state index in [9.17, 15) is 0 Å². The highest BCUT2D eigenvalue weighted by Crippen LogP contribution is 2.25. The molecule has 1 aromatic heterocycles. The summed E-state index contributed by atoms with van der Waals surface area (Å²) in [6.07, 6.45) is 0. The minimum absolute atomic E-state index is 0.634. The van der Waals surface area contributed by atoms with Crippen LogP contribution in [0.3, 0.4) is 0 Å². The highest BCUT2D eigenvalue weighted by Gasteiger charge is 2.10. The van der Waals surface area contributed by atoms with Crippen LogP contribution in [0.25, 0.3) is 22.4 Å². The number of aryl methyl sites for hydroxylation is 1. The van der Waals surface area contributed by atoms with Gasteiger partial charge in [0.15, 0.2) is 0 Å². The summed E-state index contributed by atoms with van der Waals surface area (Å²) >= 11 is 0. The fraction of sp³-hybridized carbons (Fsp3) is 0.0667. The average molecular weight is 248 g/mol. The number of aromatic nitrogens is 2. The SMILES string of the molecule is Cn1c(-c2cccc(N)c2)nc2ccc(C#N)cc21. The molecule has 0 aliphatic carbocycles. The van der Waals surface area contributed by atoms with Gasteiger partial charge in [0.1, 0.15) is 5.82 Å². The summed E-state index contributed by atoms with van der Waals surface area (Å²) in [5.41, 5.74) is 9.93. The lowest BCUT2D eigenvalue weighted by Gasteiger charge is -2.03. The zero-order valence-corrected chi connectivity index (χ0v) is 10.5. The smallest absolute Gasteiger partial charge is 0.140 e. The Bertz CT molecular complexity index is 809. The molecule has 0 aliphatic rings. The number of hydrogen-bond acceptors (Lipinski definition) is 3. The third kappa shape index (κ3) is 1.81. The molecule has 0 saturated carbocycles. The normalized spacial score (nSPS) is 10.5. The summed E-state index contributed by atoms with van der Waals surface area (Å²) in [6, 6.07) is 15.3. The zero-order chi connectivity index (χ0) is 13.4. The van der Waals surface area contributed by atoms with E-state index in [0.29, 0.717) is 11.3 Å². The van der Waals surface area contributed by atoms with E-state index >= 15 is 0 Å². The van der Waals surface area contributed by atoms with E-state index in [1.165, 1.54) is 0 Å². The Balaban J connectivity index is 2.26. The molecule has 2 N–H and O–H groups in total. The second kappa shape index (κ2) is 4.14. The molecule has 4 heteroatoms. The summed E-state index contributed by atoms with van der Waals surface area (Å²) in [5, 5.41) is 8.95. The van der Waals surface area contributed by atoms with Gasteiger partial charge in [-0.15, -0.1) is 0 Å². The molecule has 0 radical (unpaired) electrons. The summed E-state index contributed by atoms with van der Waals surface area (Å²) in [6.45, 7) is 0. The van der Waals surface area contributed by atoms with Crippen molar-refractivity contribution in [2.45, 2.75) is 0 Å². The van der Waals surface area contributed by atoms with Gasteiger partial charge in [0.05, 0.1) is 22.7 Å². The highest BCUT2D eigenvalue weighted by molar-refractivity contribution is 5.82. The Morgan fingerprint density at radius 1 is 1.21 bits per heavy atom. The van der Waals surface area contributed by atoms with E-state index in [4.69, 9.17) is 11.0 Å². The van der Waals surface area contributed by atoms with Crippen molar-refractivity contribution in [2.75, 3.05) is 5.73 Å². The van der Waals surface area contributed by atoms with Crippen molar-refractivity contribution < 1.29 is 0 Å². The van der Waals surface area contributed by atoms with E-state index in [1.807, 2.05) is 48.0 Å². The first-order valence-corrected chi connectivity index (χ1v) is 5.91. The van der Waals surface area contributed by atoms with Gasteiger partial charge in [0.2, 0.25) is 0 Å². The molecule has 0 fully saturated rings. The van der Waals surface area contributed by atoms with Crippen molar-refractivity contribution >= 4 is 16.7 Å². The van der Waals surface area contributed by atoms with Crippen molar-refractivity contribution in [1.29, 1.82) is 5.26 Å². The first-order valence-electron chi connectivity index (χ1n) is 5.91. The largest absolute Gasteiger partial charge is 0.399 e. The van der Waals surface area contributed by atoms with E-state index in [0.717, 1.165) is 22.4 Å². The number of anilines is 1. The molecule has 0 saturated heterocycles. The quantitative estimate of drug-likeness (QED) is 0.673. The second-order valence-corrected chi connectivity index (χ2v) is 4.44. The lowest BCUT2D eigenvalue weighted by molar-refractivity contribution is 0.959. The molecule has 4 nitrogen and oxygen atoms in total. The molecule has 0 bridgehead atoms. The van der Waals surface area contributed by atoms with Gasteiger partial charge in [-0.3, -0.25) is 0 Å². The Morgan fingerprint density at radius 2 is 2.05 bits per heavy atom. The van der Waals surface area contributed by atoms with E-state index in [2.05, 4.69) is 11.1 Å². The number of rotatable bonds is 1. The number of nitriles is 1. The van der Waals surface area contributed by atoms with Gasteiger partial charge in [0.25, 0.3) is 0 Å². The minimum atomic E-state index is 0.634. The molecule has 92 valence electrons. The highest BCUT2D eigenvalue weighted by atomic mass is 15.1. The Labute approximate surface area is 110 Å². The molecular weight excluding hydrogens is 236 g/mol. The topological polar surface area (TPSA) is 67.6 Å². The van der Waals surface area contributed by atoms with Gasteiger partial charge >= 0.3 is 0 Å². The van der Waals surface area contributed by atoms with Crippen LogP contribution < -0.4 is 5.73 Å². The van der Waals surface area contributed by atoms with Crippen LogP contribution in [0.2, 0.25) is 0 Å². The molecule has 0 unspecified atom stereocenters. The van der Waals surface area contributed by atoms with Crippen LogP contribution in [-0.4, -0.2) is 9.55 Å². The molecule has 0 atom stereocenters. The van der Waals surface area contributed by atoms with E-state index in [1.54, 1.807) is 6.07 Å². The lowest BCUT2D eigenvalue weighted by atomic mass is 10.2. The van der Waals surface area contributed by atoms with Crippen LogP contribution in [0.1, 0.15) is 5.56 Å². The first-order chi connectivity index (χ1) is 9.19. The summed E-state index contributed by atoms with van der Waals surface area (Å²) in [4.78, 5) is 4.60. The number of nitrogen functional groups attached to an aromatic ring is 1. The number of imidazole rings is 1. The van der Waals surface area contributed by atoms with Crippen molar-refractivity contribution in [3.63, 3.8) is 0 Å². The number of nitrogens with two attached hydrogens (primary N) is 1. The summed E-state index contributed by atoms with van der Waals surface area (Å²) in [7, 11) is 1.94. The predicted octanol–water partition coefficient (Wildman–Crippen LogP) is 2.69. The molecule has 1 heterocycles. The van der Waals surface area contributed by atoms with Gasteiger partial charge in [0, 0.05) is 18.3 Å². The Morgan fingerprint density at radius 3 is 2.79 bits per heavy atom. The van der Waals surface area contributed by atoms with Crippen molar-refractivity contribution in [3.05, 3.63) is 48.0 Å².